The van der Waals surface area contributed by atoms with Crippen molar-refractivity contribution >= 4 is 62.1 Å². The number of nitrogen functional groups attached to an aromatic ring is 1. The van der Waals surface area contributed by atoms with Crippen LogP contribution in [0.4, 0.5) is 28.4 Å². The summed E-state index contributed by atoms with van der Waals surface area (Å²) in [6.07, 6.45) is 5.75. The number of fused-ring (bicyclic) bond motifs is 2. The van der Waals surface area contributed by atoms with Gasteiger partial charge in [-0.05, 0) is 100 Å². The van der Waals surface area contributed by atoms with Gasteiger partial charge in [0.15, 0.2) is 0 Å². The highest BCUT2D eigenvalue weighted by molar-refractivity contribution is 6.11. The van der Waals surface area contributed by atoms with Crippen LogP contribution in [-0.4, -0.2) is 65.9 Å². The predicted molar refractivity (Wildman–Crippen MR) is 171 cm³/mol. The minimum atomic E-state index is -0.00394. The average molecular weight is 566 g/mol. The van der Waals surface area contributed by atoms with Gasteiger partial charge in [0.05, 0.1) is 28.1 Å². The van der Waals surface area contributed by atoms with Gasteiger partial charge in [-0.1, -0.05) is 12.1 Å². The Balaban J connectivity index is 1.30. The molecule has 0 spiro atoms. The lowest BCUT2D eigenvalue weighted by Crippen LogP contribution is -2.25. The second-order valence-corrected chi connectivity index (χ2v) is 11.4. The number of carbonyl (C=O) groups excluding carboxylic acids is 2. The molecule has 2 fully saturated rings. The smallest absolute Gasteiger partial charge is 0.225 e. The average Bonchev–Trinajstić information content (AvgIpc) is 3.71. The highest BCUT2D eigenvalue weighted by atomic mass is 16.2. The van der Waals surface area contributed by atoms with E-state index in [1.54, 1.807) is 0 Å². The maximum absolute atomic E-state index is 12.8. The Labute approximate surface area is 246 Å². The van der Waals surface area contributed by atoms with Crippen LogP contribution < -0.4 is 21.7 Å². The second-order valence-electron chi connectivity index (χ2n) is 11.4. The molecule has 9 heteroatoms. The van der Waals surface area contributed by atoms with Gasteiger partial charge in [0.25, 0.3) is 0 Å². The number of para-hydroxylation sites is 2. The molecular weight excluding hydrogens is 526 g/mol. The number of benzene rings is 3. The van der Waals surface area contributed by atoms with Gasteiger partial charge in [0.1, 0.15) is 0 Å². The first-order valence-corrected chi connectivity index (χ1v) is 15.1. The Morgan fingerprint density at radius 1 is 0.714 bits per heavy atom. The fourth-order valence-corrected chi connectivity index (χ4v) is 5.96. The molecule has 3 heterocycles. The molecular formula is C33H39N7O2. The molecule has 2 amide bonds. The summed E-state index contributed by atoms with van der Waals surface area (Å²) in [5.74, 6) is -0.00789. The van der Waals surface area contributed by atoms with Gasteiger partial charge in [-0.25, -0.2) is 4.98 Å². The number of anilines is 5. The van der Waals surface area contributed by atoms with Crippen LogP contribution in [0.3, 0.4) is 0 Å². The van der Waals surface area contributed by atoms with E-state index in [9.17, 15) is 9.59 Å². The molecule has 42 heavy (non-hydrogen) atoms. The van der Waals surface area contributed by atoms with Gasteiger partial charge in [-0.15, -0.1) is 0 Å². The van der Waals surface area contributed by atoms with Crippen molar-refractivity contribution in [3.63, 3.8) is 0 Å². The molecule has 0 unspecified atom stereocenters. The summed E-state index contributed by atoms with van der Waals surface area (Å²) in [6, 6.07) is 19.2. The Morgan fingerprint density at radius 2 is 1.21 bits per heavy atom. The standard InChI is InChI=1S/C33H39N7O2/c34-27-7-1-2-8-30(27)38-33-25-21-23(35-31(41)13-19-39-15-3-4-16-39)9-11-28(25)37-29-12-10-24(22-26(29)33)36-32(42)14-20-40-17-5-6-18-40/h1-2,7-12,21-22H,3-6,13-20,34H2,(H,35,41)(H,36,42)(H,37,38). The molecule has 2 aliphatic heterocycles. The van der Waals surface area contributed by atoms with Crippen LogP contribution in [-0.2, 0) is 9.59 Å². The molecule has 0 aliphatic carbocycles. The third-order valence-corrected chi connectivity index (χ3v) is 8.27. The molecule has 0 bridgehead atoms. The van der Waals surface area contributed by atoms with Gasteiger partial charge < -0.3 is 31.5 Å². The van der Waals surface area contributed by atoms with Crippen molar-refractivity contribution in [2.75, 3.05) is 61.0 Å². The maximum atomic E-state index is 12.8. The number of carbonyl (C=O) groups is 2. The first kappa shape index (κ1) is 27.9. The minimum absolute atomic E-state index is 0.00394. The van der Waals surface area contributed by atoms with E-state index in [-0.39, 0.29) is 11.8 Å². The summed E-state index contributed by atoms with van der Waals surface area (Å²) in [7, 11) is 0. The van der Waals surface area contributed by atoms with Crippen molar-refractivity contribution in [1.29, 1.82) is 0 Å². The van der Waals surface area contributed by atoms with Gasteiger partial charge in [0.2, 0.25) is 11.8 Å². The quantitative estimate of drug-likeness (QED) is 0.147. The van der Waals surface area contributed by atoms with Crippen LogP contribution in [0, 0.1) is 0 Å². The zero-order chi connectivity index (χ0) is 28.9. The molecule has 1 aromatic heterocycles. The topological polar surface area (TPSA) is 116 Å². The van der Waals surface area contributed by atoms with Gasteiger partial charge in [-0.2, -0.15) is 0 Å². The first-order valence-electron chi connectivity index (χ1n) is 15.1. The fraction of sp³-hybridized carbons (Fsp3) is 0.364. The Hall–Kier alpha value is -4.21. The molecule has 2 aliphatic rings. The van der Waals surface area contributed by atoms with Gasteiger partial charge in [0, 0.05) is 48.1 Å². The van der Waals surface area contributed by atoms with E-state index in [0.717, 1.165) is 72.4 Å². The van der Waals surface area contributed by atoms with Crippen molar-refractivity contribution in [3.05, 3.63) is 60.7 Å². The third-order valence-electron chi connectivity index (χ3n) is 8.27. The number of likely N-dealkylation sites (tertiary alicyclic amines) is 2. The highest BCUT2D eigenvalue weighted by Gasteiger charge is 2.17. The number of pyridine rings is 1. The molecule has 9 nitrogen and oxygen atoms in total. The number of rotatable bonds is 10. The molecule has 218 valence electrons. The van der Waals surface area contributed by atoms with Crippen LogP contribution in [0.5, 0.6) is 0 Å². The number of hydrogen-bond acceptors (Lipinski definition) is 7. The number of hydrogen-bond donors (Lipinski definition) is 4. The summed E-state index contributed by atoms with van der Waals surface area (Å²) in [6.45, 7) is 5.83. The van der Waals surface area contributed by atoms with E-state index in [1.807, 2.05) is 60.7 Å². The molecule has 6 rings (SSSR count). The molecule has 4 aromatic rings. The molecule has 3 aromatic carbocycles. The van der Waals surface area contributed by atoms with Crippen molar-refractivity contribution in [2.45, 2.75) is 38.5 Å². The Kier molecular flexibility index (Phi) is 8.48. The third kappa shape index (κ3) is 6.64. The number of amides is 2. The van der Waals surface area contributed by atoms with Gasteiger partial charge >= 0.3 is 0 Å². The van der Waals surface area contributed by atoms with E-state index < -0.39 is 0 Å². The first-order chi connectivity index (χ1) is 20.5. The highest BCUT2D eigenvalue weighted by Crippen LogP contribution is 2.37. The minimum Gasteiger partial charge on any atom is -0.397 e. The van der Waals surface area contributed by atoms with Crippen LogP contribution in [0.2, 0.25) is 0 Å². The van der Waals surface area contributed by atoms with E-state index in [1.165, 1.54) is 25.7 Å². The van der Waals surface area contributed by atoms with Crippen molar-refractivity contribution in [2.24, 2.45) is 0 Å². The number of aromatic nitrogens is 1. The normalized spacial score (nSPS) is 15.8. The van der Waals surface area contributed by atoms with Crippen molar-refractivity contribution in [3.8, 4) is 0 Å². The lowest BCUT2D eigenvalue weighted by molar-refractivity contribution is -0.117. The SMILES string of the molecule is Nc1ccccc1Nc1c2cc(NC(=O)CCN3CCCC3)ccc2nc2ccc(NC(=O)CCN3CCCC3)cc12. The van der Waals surface area contributed by atoms with Gasteiger partial charge in [-0.3, -0.25) is 9.59 Å². The van der Waals surface area contributed by atoms with E-state index in [4.69, 9.17) is 10.7 Å². The summed E-state index contributed by atoms with van der Waals surface area (Å²) >= 11 is 0. The number of nitrogens with one attached hydrogen (secondary N) is 3. The molecule has 5 N–H and O–H groups in total. The molecule has 0 radical (unpaired) electrons. The van der Waals surface area contributed by atoms with E-state index >= 15 is 0 Å². The second kappa shape index (κ2) is 12.8. The van der Waals surface area contributed by atoms with E-state index in [0.29, 0.717) is 29.9 Å². The predicted octanol–water partition coefficient (Wildman–Crippen LogP) is 5.56. The Morgan fingerprint density at radius 3 is 1.71 bits per heavy atom. The monoisotopic (exact) mass is 565 g/mol. The fourth-order valence-electron chi connectivity index (χ4n) is 5.96. The number of nitrogens with zero attached hydrogens (tertiary/aromatic N) is 3. The summed E-state index contributed by atoms with van der Waals surface area (Å²) in [5, 5.41) is 11.4. The summed E-state index contributed by atoms with van der Waals surface area (Å²) in [5.41, 5.74) is 11.5. The maximum Gasteiger partial charge on any atom is 0.225 e. The molecule has 0 atom stereocenters. The summed E-state index contributed by atoms with van der Waals surface area (Å²) < 4.78 is 0. The van der Waals surface area contributed by atoms with Crippen LogP contribution >= 0.6 is 0 Å². The van der Waals surface area contributed by atoms with Crippen molar-refractivity contribution in [1.82, 2.24) is 14.8 Å². The van der Waals surface area contributed by atoms with Crippen LogP contribution in [0.1, 0.15) is 38.5 Å². The Bertz CT molecular complexity index is 1500. The molecule has 2 saturated heterocycles. The zero-order valence-corrected chi connectivity index (χ0v) is 24.0. The molecule has 0 saturated carbocycles. The van der Waals surface area contributed by atoms with E-state index in [2.05, 4.69) is 25.8 Å². The van der Waals surface area contributed by atoms with Crippen LogP contribution in [0.15, 0.2) is 60.7 Å². The largest absolute Gasteiger partial charge is 0.397 e. The van der Waals surface area contributed by atoms with Crippen LogP contribution in [0.25, 0.3) is 21.8 Å². The number of nitrogens with two attached hydrogens (primary N) is 1. The zero-order valence-electron chi connectivity index (χ0n) is 24.0. The lowest BCUT2D eigenvalue weighted by Gasteiger charge is -2.17. The lowest BCUT2D eigenvalue weighted by atomic mass is 10.1. The summed E-state index contributed by atoms with van der Waals surface area (Å²) in [4.78, 5) is 35.2. The van der Waals surface area contributed by atoms with Crippen molar-refractivity contribution < 1.29 is 9.59 Å².